The van der Waals surface area contributed by atoms with E-state index in [2.05, 4.69) is 6.92 Å². The van der Waals surface area contributed by atoms with Gasteiger partial charge in [0, 0.05) is 13.1 Å². The molecule has 1 radical (unpaired) electrons. The first-order chi connectivity index (χ1) is 7.75. The molecule has 1 fully saturated rings. The Bertz CT molecular complexity index is 339. The number of piperidine rings is 1. The van der Waals surface area contributed by atoms with Crippen LogP contribution in [0.3, 0.4) is 0 Å². The van der Waals surface area contributed by atoms with E-state index in [-0.39, 0.29) is 5.91 Å². The van der Waals surface area contributed by atoms with Crippen LogP contribution >= 0.6 is 0 Å². The summed E-state index contributed by atoms with van der Waals surface area (Å²) in [4.78, 5) is 13.9. The quantitative estimate of drug-likeness (QED) is 0.743. The van der Waals surface area contributed by atoms with Gasteiger partial charge in [-0.3, -0.25) is 4.79 Å². The number of rotatable bonds is 2. The molecule has 0 N–H and O–H groups in total. The minimum Gasteiger partial charge on any atom is -0.342 e. The zero-order chi connectivity index (χ0) is 11.4. The molecule has 1 saturated heterocycles. The fourth-order valence-electron chi connectivity index (χ4n) is 2.06. The molecular weight excluding hydrogens is 198 g/mol. The molecule has 1 heterocycles. The minimum absolute atomic E-state index is 0.248. The molecule has 1 aromatic carbocycles. The van der Waals surface area contributed by atoms with E-state index in [0.29, 0.717) is 12.3 Å². The third kappa shape index (κ3) is 2.84. The van der Waals surface area contributed by atoms with Crippen molar-refractivity contribution in [2.45, 2.75) is 19.3 Å². The smallest absolute Gasteiger partial charge is 0.226 e. The molecule has 1 aliphatic rings. The lowest BCUT2D eigenvalue weighted by Crippen LogP contribution is -2.38. The Morgan fingerprint density at radius 1 is 1.25 bits per heavy atom. The molecule has 0 spiro atoms. The van der Waals surface area contributed by atoms with E-state index in [4.69, 9.17) is 0 Å². The van der Waals surface area contributed by atoms with Crippen molar-refractivity contribution in [2.75, 3.05) is 13.1 Å². The van der Waals surface area contributed by atoms with Gasteiger partial charge in [0.15, 0.2) is 0 Å². The Labute approximate surface area is 97.3 Å². The maximum atomic E-state index is 12.0. The van der Waals surface area contributed by atoms with Crippen molar-refractivity contribution in [3.05, 3.63) is 42.8 Å². The van der Waals surface area contributed by atoms with E-state index in [1.54, 1.807) is 0 Å². The van der Waals surface area contributed by atoms with Crippen LogP contribution in [0.4, 0.5) is 0 Å². The maximum absolute atomic E-state index is 12.0. The summed E-state index contributed by atoms with van der Waals surface area (Å²) < 4.78 is 0. The van der Waals surface area contributed by atoms with Crippen LogP contribution in [0.15, 0.2) is 30.3 Å². The van der Waals surface area contributed by atoms with Gasteiger partial charge in [-0.2, -0.15) is 0 Å². The van der Waals surface area contributed by atoms with Gasteiger partial charge in [0.1, 0.15) is 0 Å². The van der Waals surface area contributed by atoms with Crippen LogP contribution in [-0.2, 0) is 11.2 Å². The summed E-state index contributed by atoms with van der Waals surface area (Å²) in [7, 11) is 0. The van der Waals surface area contributed by atoms with E-state index < -0.39 is 0 Å². The van der Waals surface area contributed by atoms with Crippen molar-refractivity contribution in [1.82, 2.24) is 4.90 Å². The molecule has 85 valence electrons. The zero-order valence-corrected chi connectivity index (χ0v) is 9.56. The standard InChI is InChI=1S/C14H18NO/c1-12-7-9-15(10-8-12)14(16)11-13-5-3-2-4-6-13/h2-6,12H,1,7-11H2. The zero-order valence-electron chi connectivity index (χ0n) is 9.56. The van der Waals surface area contributed by atoms with Crippen molar-refractivity contribution >= 4 is 5.91 Å². The number of hydrogen-bond donors (Lipinski definition) is 0. The van der Waals surface area contributed by atoms with Crippen LogP contribution in [0.25, 0.3) is 0 Å². The summed E-state index contributed by atoms with van der Waals surface area (Å²) in [6, 6.07) is 9.94. The summed E-state index contributed by atoms with van der Waals surface area (Å²) in [5.74, 6) is 0.777. The Morgan fingerprint density at radius 3 is 2.50 bits per heavy atom. The van der Waals surface area contributed by atoms with Gasteiger partial charge in [-0.05, 0) is 24.3 Å². The first-order valence-corrected chi connectivity index (χ1v) is 5.90. The molecule has 0 unspecified atom stereocenters. The predicted molar refractivity (Wildman–Crippen MR) is 64.8 cm³/mol. The number of hydrogen-bond acceptors (Lipinski definition) is 1. The molecule has 0 aromatic heterocycles. The van der Waals surface area contributed by atoms with Crippen LogP contribution in [0.1, 0.15) is 18.4 Å². The molecule has 0 saturated carbocycles. The lowest BCUT2D eigenvalue weighted by molar-refractivity contribution is -0.131. The second-order valence-electron chi connectivity index (χ2n) is 4.49. The molecule has 1 aromatic rings. The highest BCUT2D eigenvalue weighted by atomic mass is 16.2. The molecule has 2 heteroatoms. The maximum Gasteiger partial charge on any atom is 0.226 e. The van der Waals surface area contributed by atoms with Crippen molar-refractivity contribution < 1.29 is 4.79 Å². The first kappa shape index (κ1) is 11.2. The average Bonchev–Trinajstić information content (AvgIpc) is 2.31. The normalized spacial score (nSPS) is 17.4. The van der Waals surface area contributed by atoms with Crippen LogP contribution in [0, 0.1) is 12.8 Å². The van der Waals surface area contributed by atoms with Crippen LogP contribution < -0.4 is 0 Å². The number of carbonyl (C=O) groups is 1. The van der Waals surface area contributed by atoms with Crippen molar-refractivity contribution in [3.8, 4) is 0 Å². The molecule has 0 bridgehead atoms. The van der Waals surface area contributed by atoms with Crippen LogP contribution in [0.5, 0.6) is 0 Å². The van der Waals surface area contributed by atoms with Gasteiger partial charge in [0.2, 0.25) is 5.91 Å². The second kappa shape index (κ2) is 5.15. The molecule has 2 nitrogen and oxygen atoms in total. The van der Waals surface area contributed by atoms with E-state index in [1.807, 2.05) is 35.2 Å². The number of amides is 1. The summed E-state index contributed by atoms with van der Waals surface area (Å²) >= 11 is 0. The van der Waals surface area contributed by atoms with Crippen molar-refractivity contribution in [2.24, 2.45) is 5.92 Å². The number of nitrogens with zero attached hydrogens (tertiary/aromatic N) is 1. The Morgan fingerprint density at radius 2 is 1.88 bits per heavy atom. The van der Waals surface area contributed by atoms with Gasteiger partial charge in [-0.15, -0.1) is 0 Å². The molecule has 2 rings (SSSR count). The topological polar surface area (TPSA) is 20.3 Å². The van der Waals surface area contributed by atoms with Gasteiger partial charge >= 0.3 is 0 Å². The van der Waals surface area contributed by atoms with E-state index in [0.717, 1.165) is 31.5 Å². The first-order valence-electron chi connectivity index (χ1n) is 5.90. The lowest BCUT2D eigenvalue weighted by atomic mass is 9.98. The fourth-order valence-corrected chi connectivity index (χ4v) is 2.06. The SMILES string of the molecule is [CH2]C1CCN(C(=O)Cc2ccccc2)CC1. The third-order valence-corrected chi connectivity index (χ3v) is 3.17. The molecule has 1 aliphatic heterocycles. The number of likely N-dealkylation sites (tertiary alicyclic amines) is 1. The Kier molecular flexibility index (Phi) is 3.60. The highest BCUT2D eigenvalue weighted by Gasteiger charge is 2.19. The molecule has 1 amide bonds. The van der Waals surface area contributed by atoms with Crippen LogP contribution in [-0.4, -0.2) is 23.9 Å². The van der Waals surface area contributed by atoms with Crippen molar-refractivity contribution in [1.29, 1.82) is 0 Å². The third-order valence-electron chi connectivity index (χ3n) is 3.17. The monoisotopic (exact) mass is 216 g/mol. The summed E-state index contributed by atoms with van der Waals surface area (Å²) in [5, 5.41) is 0. The molecular formula is C14H18NO. The highest BCUT2D eigenvalue weighted by Crippen LogP contribution is 2.16. The Balaban J connectivity index is 1.89. The Hall–Kier alpha value is -1.31. The second-order valence-corrected chi connectivity index (χ2v) is 4.49. The molecule has 16 heavy (non-hydrogen) atoms. The number of benzene rings is 1. The van der Waals surface area contributed by atoms with Crippen molar-refractivity contribution in [3.63, 3.8) is 0 Å². The van der Waals surface area contributed by atoms with Gasteiger partial charge in [0.05, 0.1) is 6.42 Å². The fraction of sp³-hybridized carbons (Fsp3) is 0.429. The van der Waals surface area contributed by atoms with Crippen LogP contribution in [0.2, 0.25) is 0 Å². The summed E-state index contributed by atoms with van der Waals surface area (Å²) in [5.41, 5.74) is 1.10. The average molecular weight is 216 g/mol. The molecule has 0 atom stereocenters. The summed E-state index contributed by atoms with van der Waals surface area (Å²) in [6.45, 7) is 5.79. The predicted octanol–water partition coefficient (Wildman–Crippen LogP) is 2.30. The number of carbonyl (C=O) groups excluding carboxylic acids is 1. The van der Waals surface area contributed by atoms with E-state index >= 15 is 0 Å². The minimum atomic E-state index is 0.248. The van der Waals surface area contributed by atoms with Gasteiger partial charge in [0.25, 0.3) is 0 Å². The summed E-state index contributed by atoms with van der Waals surface area (Å²) in [6.07, 6.45) is 2.61. The molecule has 0 aliphatic carbocycles. The van der Waals surface area contributed by atoms with Gasteiger partial charge in [-0.25, -0.2) is 0 Å². The largest absolute Gasteiger partial charge is 0.342 e. The van der Waals surface area contributed by atoms with E-state index in [9.17, 15) is 4.79 Å². The van der Waals surface area contributed by atoms with Gasteiger partial charge in [-0.1, -0.05) is 37.3 Å². The van der Waals surface area contributed by atoms with Gasteiger partial charge < -0.3 is 4.90 Å². The van der Waals surface area contributed by atoms with E-state index in [1.165, 1.54) is 0 Å². The lowest BCUT2D eigenvalue weighted by Gasteiger charge is -2.30. The highest BCUT2D eigenvalue weighted by molar-refractivity contribution is 5.78.